The molecule has 0 aliphatic heterocycles. The topological polar surface area (TPSA) is 77.2 Å². The van der Waals surface area contributed by atoms with E-state index in [2.05, 4.69) is 10.1 Å². The quantitative estimate of drug-likeness (QED) is 0.791. The Morgan fingerprint density at radius 3 is 2.55 bits per heavy atom. The average molecular weight is 303 g/mol. The van der Waals surface area contributed by atoms with Crippen molar-refractivity contribution in [3.8, 4) is 5.75 Å². The summed E-state index contributed by atoms with van der Waals surface area (Å²) < 4.78 is 7.19. The van der Waals surface area contributed by atoms with Crippen molar-refractivity contribution in [3.63, 3.8) is 0 Å². The van der Waals surface area contributed by atoms with Crippen LogP contribution in [-0.2, 0) is 6.54 Å². The molecule has 0 bridgehead atoms. The van der Waals surface area contributed by atoms with Crippen LogP contribution in [0.5, 0.6) is 5.75 Å². The Morgan fingerprint density at radius 2 is 2.00 bits per heavy atom. The predicted molar refractivity (Wildman–Crippen MR) is 82.1 cm³/mol. The number of benzene rings is 1. The molecule has 1 aromatic carbocycles. The Balaban J connectivity index is 1.87. The van der Waals surface area contributed by atoms with Gasteiger partial charge in [-0.3, -0.25) is 4.79 Å². The van der Waals surface area contributed by atoms with E-state index in [9.17, 15) is 9.90 Å². The highest BCUT2D eigenvalue weighted by molar-refractivity contribution is 5.95. The van der Waals surface area contributed by atoms with E-state index in [1.54, 1.807) is 28.9 Å². The van der Waals surface area contributed by atoms with Crippen LogP contribution in [0, 0.1) is 13.8 Å². The van der Waals surface area contributed by atoms with Gasteiger partial charge in [0.15, 0.2) is 5.78 Å². The van der Waals surface area contributed by atoms with Crippen molar-refractivity contribution in [3.05, 3.63) is 41.5 Å². The number of ketones is 1. The molecule has 0 saturated heterocycles. The largest absolute Gasteiger partial charge is 0.491 e. The van der Waals surface area contributed by atoms with Crippen LogP contribution in [0.4, 0.5) is 0 Å². The normalized spacial score (nSPS) is 12.2. The second-order valence-electron chi connectivity index (χ2n) is 5.15. The summed E-state index contributed by atoms with van der Waals surface area (Å²) in [4.78, 5) is 15.7. The average Bonchev–Trinajstić information content (AvgIpc) is 2.82. The molecule has 0 aliphatic carbocycles. The number of Topliss-reactive ketones (excluding diaryl/α,β-unsaturated/α-hetero) is 1. The standard InChI is InChI=1S/C16H21N3O3/c1-4-16(21)13-5-7-15(8-6-13)22-10-14(20)9-19-12(3)17-11(2)18-19/h5-8,14,20H,4,9-10H2,1-3H3/t14-/m1/s1. The van der Waals surface area contributed by atoms with E-state index in [1.165, 1.54) is 0 Å². The number of hydrogen-bond acceptors (Lipinski definition) is 5. The minimum absolute atomic E-state index is 0.101. The highest BCUT2D eigenvalue weighted by Gasteiger charge is 2.11. The molecular weight excluding hydrogens is 282 g/mol. The first-order valence-electron chi connectivity index (χ1n) is 7.31. The lowest BCUT2D eigenvalue weighted by Gasteiger charge is -2.13. The number of ether oxygens (including phenoxy) is 1. The molecule has 1 aromatic heterocycles. The van der Waals surface area contributed by atoms with Crippen molar-refractivity contribution < 1.29 is 14.6 Å². The van der Waals surface area contributed by atoms with Gasteiger partial charge in [0, 0.05) is 12.0 Å². The molecule has 0 saturated carbocycles. The van der Waals surface area contributed by atoms with Crippen molar-refractivity contribution in [2.75, 3.05) is 6.61 Å². The van der Waals surface area contributed by atoms with E-state index < -0.39 is 6.10 Å². The van der Waals surface area contributed by atoms with Crippen molar-refractivity contribution in [2.24, 2.45) is 0 Å². The van der Waals surface area contributed by atoms with E-state index in [0.717, 1.165) is 5.82 Å². The molecule has 1 N–H and O–H groups in total. The van der Waals surface area contributed by atoms with Crippen LogP contribution < -0.4 is 4.74 Å². The van der Waals surface area contributed by atoms with Crippen LogP contribution in [0.15, 0.2) is 24.3 Å². The highest BCUT2D eigenvalue weighted by Crippen LogP contribution is 2.14. The first kappa shape index (κ1) is 16.2. The van der Waals surface area contributed by atoms with Gasteiger partial charge in [-0.2, -0.15) is 5.10 Å². The molecule has 6 heteroatoms. The SMILES string of the molecule is CCC(=O)c1ccc(OC[C@H](O)Cn2nc(C)nc2C)cc1. The van der Waals surface area contributed by atoms with Crippen LogP contribution >= 0.6 is 0 Å². The summed E-state index contributed by atoms with van der Waals surface area (Å²) >= 11 is 0. The van der Waals surface area contributed by atoms with Crippen LogP contribution in [0.25, 0.3) is 0 Å². The van der Waals surface area contributed by atoms with Gasteiger partial charge >= 0.3 is 0 Å². The third kappa shape index (κ3) is 4.14. The first-order chi connectivity index (χ1) is 10.5. The third-order valence-electron chi connectivity index (χ3n) is 3.29. The van der Waals surface area contributed by atoms with Gasteiger partial charge in [0.05, 0.1) is 6.54 Å². The summed E-state index contributed by atoms with van der Waals surface area (Å²) in [6.07, 6.45) is -0.202. The maximum atomic E-state index is 11.5. The van der Waals surface area contributed by atoms with Crippen molar-refractivity contribution >= 4 is 5.78 Å². The molecule has 0 radical (unpaired) electrons. The zero-order chi connectivity index (χ0) is 16.1. The fourth-order valence-corrected chi connectivity index (χ4v) is 2.12. The van der Waals surface area contributed by atoms with Crippen LogP contribution in [0.2, 0.25) is 0 Å². The Kier molecular flexibility index (Phi) is 5.27. The van der Waals surface area contributed by atoms with Crippen molar-refractivity contribution in [1.29, 1.82) is 0 Å². The monoisotopic (exact) mass is 303 g/mol. The molecule has 0 aliphatic rings. The number of hydrogen-bond donors (Lipinski definition) is 1. The minimum Gasteiger partial charge on any atom is -0.491 e. The number of rotatable bonds is 7. The molecule has 118 valence electrons. The van der Waals surface area contributed by atoms with E-state index in [4.69, 9.17) is 4.74 Å². The molecule has 2 aromatic rings. The lowest BCUT2D eigenvalue weighted by molar-refractivity contribution is 0.0885. The smallest absolute Gasteiger partial charge is 0.162 e. The van der Waals surface area contributed by atoms with Gasteiger partial charge < -0.3 is 9.84 Å². The molecule has 1 heterocycles. The summed E-state index contributed by atoms with van der Waals surface area (Å²) in [5.41, 5.74) is 0.670. The van der Waals surface area contributed by atoms with Gasteiger partial charge in [-0.15, -0.1) is 0 Å². The maximum Gasteiger partial charge on any atom is 0.162 e. The van der Waals surface area contributed by atoms with Gasteiger partial charge in [-0.1, -0.05) is 6.92 Å². The molecule has 2 rings (SSSR count). The Labute approximate surface area is 129 Å². The Hall–Kier alpha value is -2.21. The summed E-state index contributed by atoms with van der Waals surface area (Å²) in [7, 11) is 0. The molecule has 22 heavy (non-hydrogen) atoms. The maximum absolute atomic E-state index is 11.5. The number of aryl methyl sites for hydroxylation is 2. The zero-order valence-electron chi connectivity index (χ0n) is 13.1. The van der Waals surface area contributed by atoms with Gasteiger partial charge in [0.2, 0.25) is 0 Å². The van der Waals surface area contributed by atoms with Crippen LogP contribution in [0.1, 0.15) is 35.4 Å². The summed E-state index contributed by atoms with van der Waals surface area (Å²) in [6.45, 7) is 5.97. The second-order valence-corrected chi connectivity index (χ2v) is 5.15. The lowest BCUT2D eigenvalue weighted by atomic mass is 10.1. The molecular formula is C16H21N3O3. The van der Waals surface area contributed by atoms with Crippen LogP contribution in [0.3, 0.4) is 0 Å². The minimum atomic E-state index is -0.684. The van der Waals surface area contributed by atoms with E-state index >= 15 is 0 Å². The molecule has 0 amide bonds. The lowest BCUT2D eigenvalue weighted by Crippen LogP contribution is -2.24. The van der Waals surface area contributed by atoms with E-state index in [-0.39, 0.29) is 12.4 Å². The van der Waals surface area contributed by atoms with Crippen LogP contribution in [-0.4, -0.2) is 38.4 Å². The third-order valence-corrected chi connectivity index (χ3v) is 3.29. The number of aromatic nitrogens is 3. The first-order valence-corrected chi connectivity index (χ1v) is 7.31. The van der Waals surface area contributed by atoms with Crippen molar-refractivity contribution in [1.82, 2.24) is 14.8 Å². The van der Waals surface area contributed by atoms with Crippen molar-refractivity contribution in [2.45, 2.75) is 39.8 Å². The number of carbonyl (C=O) groups is 1. The van der Waals surface area contributed by atoms with Gasteiger partial charge in [0.1, 0.15) is 30.1 Å². The predicted octanol–water partition coefficient (Wildman–Crippen LogP) is 1.93. The molecule has 0 unspecified atom stereocenters. The Morgan fingerprint density at radius 1 is 1.32 bits per heavy atom. The fraction of sp³-hybridized carbons (Fsp3) is 0.438. The summed E-state index contributed by atoms with van der Waals surface area (Å²) in [6, 6.07) is 6.94. The highest BCUT2D eigenvalue weighted by atomic mass is 16.5. The zero-order valence-corrected chi connectivity index (χ0v) is 13.1. The molecule has 0 spiro atoms. The molecule has 6 nitrogen and oxygen atoms in total. The molecule has 0 fully saturated rings. The Bertz CT molecular complexity index is 635. The number of carbonyl (C=O) groups excluding carboxylic acids is 1. The number of aliphatic hydroxyl groups excluding tert-OH is 1. The van der Waals surface area contributed by atoms with Gasteiger partial charge in [-0.25, -0.2) is 9.67 Å². The summed E-state index contributed by atoms with van der Waals surface area (Å²) in [5.74, 6) is 2.17. The van der Waals surface area contributed by atoms with Gasteiger partial charge in [-0.05, 0) is 38.1 Å². The number of aliphatic hydroxyl groups is 1. The van der Waals surface area contributed by atoms with E-state index in [0.29, 0.717) is 30.1 Å². The van der Waals surface area contributed by atoms with E-state index in [1.807, 2.05) is 20.8 Å². The number of nitrogens with zero attached hydrogens (tertiary/aromatic N) is 3. The van der Waals surface area contributed by atoms with Gasteiger partial charge in [0.25, 0.3) is 0 Å². The molecule has 1 atom stereocenters. The second kappa shape index (κ2) is 7.17. The fourth-order valence-electron chi connectivity index (χ4n) is 2.12. The summed E-state index contributed by atoms with van der Waals surface area (Å²) in [5, 5.41) is 14.2.